The van der Waals surface area contributed by atoms with E-state index in [1.807, 2.05) is 12.3 Å². The summed E-state index contributed by atoms with van der Waals surface area (Å²) in [5.41, 5.74) is 11.6. The number of aromatic nitrogens is 2. The Kier molecular flexibility index (Phi) is 5.65. The molecular formula is C23H34N4. The molecule has 1 saturated carbocycles. The molecule has 0 amide bonds. The number of piperidine rings is 1. The molecule has 1 aliphatic carbocycles. The summed E-state index contributed by atoms with van der Waals surface area (Å²) < 4.78 is 2.44. The molecule has 0 atom stereocenters. The number of likely N-dealkylation sites (tertiary alicyclic amines) is 1. The van der Waals surface area contributed by atoms with E-state index in [9.17, 15) is 0 Å². The molecule has 0 radical (unpaired) electrons. The molecule has 146 valence electrons. The highest BCUT2D eigenvalue weighted by Crippen LogP contribution is 2.34. The second kappa shape index (κ2) is 8.15. The molecule has 2 fully saturated rings. The summed E-state index contributed by atoms with van der Waals surface area (Å²) in [6.07, 6.45) is 12.9. The third kappa shape index (κ3) is 3.83. The lowest BCUT2D eigenvalue weighted by atomic mass is 9.86. The van der Waals surface area contributed by atoms with Crippen molar-refractivity contribution >= 4 is 11.0 Å². The van der Waals surface area contributed by atoms with Crippen molar-refractivity contribution in [3.05, 3.63) is 41.2 Å². The van der Waals surface area contributed by atoms with E-state index < -0.39 is 0 Å². The van der Waals surface area contributed by atoms with E-state index in [0.29, 0.717) is 12.6 Å². The van der Waals surface area contributed by atoms with Gasteiger partial charge in [0.15, 0.2) is 0 Å². The molecule has 2 N–H and O–H groups in total. The summed E-state index contributed by atoms with van der Waals surface area (Å²) >= 11 is 0. The zero-order chi connectivity index (χ0) is 18.8. The number of hydrogen-bond donors (Lipinski definition) is 1. The smallest absolute Gasteiger partial charge is 0.140 e. The number of nitrogens with two attached hydrogens (primary N) is 1. The van der Waals surface area contributed by atoms with Gasteiger partial charge in [0.1, 0.15) is 5.65 Å². The van der Waals surface area contributed by atoms with Crippen LogP contribution in [0.2, 0.25) is 0 Å². The predicted octanol–water partition coefficient (Wildman–Crippen LogP) is 4.45. The second-order valence-electron chi connectivity index (χ2n) is 8.58. The van der Waals surface area contributed by atoms with Gasteiger partial charge in [0, 0.05) is 43.0 Å². The van der Waals surface area contributed by atoms with Crippen LogP contribution < -0.4 is 5.73 Å². The highest BCUT2D eigenvalue weighted by molar-refractivity contribution is 5.80. The second-order valence-corrected chi connectivity index (χ2v) is 8.58. The Hall–Kier alpha value is -1.65. The highest BCUT2D eigenvalue weighted by atomic mass is 15.2. The molecule has 1 saturated heterocycles. The first kappa shape index (κ1) is 18.7. The van der Waals surface area contributed by atoms with Crippen molar-refractivity contribution in [2.24, 2.45) is 5.73 Å². The van der Waals surface area contributed by atoms with E-state index in [1.54, 1.807) is 11.1 Å². The number of fused-ring (bicyclic) bond motifs is 1. The molecule has 2 aliphatic rings. The maximum absolute atomic E-state index is 5.83. The van der Waals surface area contributed by atoms with Crippen LogP contribution in [0.25, 0.3) is 11.0 Å². The monoisotopic (exact) mass is 366 g/mol. The van der Waals surface area contributed by atoms with Crippen molar-refractivity contribution in [2.75, 3.05) is 19.6 Å². The van der Waals surface area contributed by atoms with Gasteiger partial charge in [0.2, 0.25) is 0 Å². The fourth-order valence-corrected chi connectivity index (χ4v) is 5.13. The zero-order valence-electron chi connectivity index (χ0n) is 17.0. The fraction of sp³-hybridized carbons (Fsp3) is 0.609. The van der Waals surface area contributed by atoms with Crippen LogP contribution in [-0.2, 0) is 6.42 Å². The van der Waals surface area contributed by atoms with E-state index in [1.165, 1.54) is 62.6 Å². The van der Waals surface area contributed by atoms with E-state index in [2.05, 4.69) is 35.6 Å². The molecule has 27 heavy (non-hydrogen) atoms. The van der Waals surface area contributed by atoms with Crippen molar-refractivity contribution in [3.8, 4) is 0 Å². The van der Waals surface area contributed by atoms with Gasteiger partial charge in [-0.25, -0.2) is 4.98 Å². The number of hydrogen-bond acceptors (Lipinski definition) is 3. The van der Waals surface area contributed by atoms with Gasteiger partial charge in [-0.2, -0.15) is 0 Å². The standard InChI is InChI=1S/C23H34N4/c1-17(2)18-5-7-20(8-6-18)26-14-10-21(11-15-26)27-16-19(9-12-24)22-4-3-13-25-23(22)27/h3-4,13,16,20-21H,5-12,14-15,24H2,1-2H3. The van der Waals surface area contributed by atoms with Crippen molar-refractivity contribution in [1.82, 2.24) is 14.5 Å². The Labute approximate surface area is 163 Å². The van der Waals surface area contributed by atoms with Gasteiger partial charge in [-0.3, -0.25) is 0 Å². The van der Waals surface area contributed by atoms with Crippen LogP contribution in [0.3, 0.4) is 0 Å². The molecule has 4 rings (SSSR count). The molecule has 2 aromatic heterocycles. The average molecular weight is 367 g/mol. The fourth-order valence-electron chi connectivity index (χ4n) is 5.13. The molecule has 2 aromatic rings. The van der Waals surface area contributed by atoms with Gasteiger partial charge in [0.25, 0.3) is 0 Å². The Morgan fingerprint density at radius 1 is 1.11 bits per heavy atom. The van der Waals surface area contributed by atoms with Crippen LogP contribution in [0, 0.1) is 0 Å². The molecule has 0 aromatic carbocycles. The van der Waals surface area contributed by atoms with Crippen LogP contribution in [0.5, 0.6) is 0 Å². The van der Waals surface area contributed by atoms with Crippen LogP contribution in [0.15, 0.2) is 35.7 Å². The lowest BCUT2D eigenvalue weighted by Crippen LogP contribution is -2.42. The minimum atomic E-state index is 0.571. The molecule has 0 unspecified atom stereocenters. The molecule has 4 heteroatoms. The molecule has 3 heterocycles. The summed E-state index contributed by atoms with van der Waals surface area (Å²) in [5.74, 6) is 0. The number of allylic oxidation sites excluding steroid dienone is 2. The van der Waals surface area contributed by atoms with Crippen LogP contribution in [-0.4, -0.2) is 40.1 Å². The normalized spacial score (nSPS) is 22.5. The maximum Gasteiger partial charge on any atom is 0.140 e. The maximum atomic E-state index is 5.83. The van der Waals surface area contributed by atoms with Crippen LogP contribution >= 0.6 is 0 Å². The zero-order valence-corrected chi connectivity index (χ0v) is 17.0. The predicted molar refractivity (Wildman–Crippen MR) is 113 cm³/mol. The van der Waals surface area contributed by atoms with Crippen LogP contribution in [0.4, 0.5) is 0 Å². The quantitative estimate of drug-likeness (QED) is 0.813. The summed E-state index contributed by atoms with van der Waals surface area (Å²) in [7, 11) is 0. The first-order valence-electron chi connectivity index (χ1n) is 10.7. The Morgan fingerprint density at radius 2 is 1.85 bits per heavy atom. The van der Waals surface area contributed by atoms with Gasteiger partial charge in [0.05, 0.1) is 0 Å². The lowest BCUT2D eigenvalue weighted by Gasteiger charge is -2.40. The van der Waals surface area contributed by atoms with Gasteiger partial charge in [-0.15, -0.1) is 0 Å². The van der Waals surface area contributed by atoms with Crippen molar-refractivity contribution < 1.29 is 0 Å². The van der Waals surface area contributed by atoms with Gasteiger partial charge < -0.3 is 15.2 Å². The third-order valence-electron chi connectivity index (χ3n) is 6.76. The minimum Gasteiger partial charge on any atom is -0.330 e. The van der Waals surface area contributed by atoms with Crippen molar-refractivity contribution in [3.63, 3.8) is 0 Å². The lowest BCUT2D eigenvalue weighted by molar-refractivity contribution is 0.117. The van der Waals surface area contributed by atoms with Gasteiger partial charge >= 0.3 is 0 Å². The van der Waals surface area contributed by atoms with Gasteiger partial charge in [-0.1, -0.05) is 11.1 Å². The Balaban J connectivity index is 1.43. The summed E-state index contributed by atoms with van der Waals surface area (Å²) in [6, 6.07) is 5.60. The van der Waals surface area contributed by atoms with E-state index >= 15 is 0 Å². The number of rotatable bonds is 4. The summed E-state index contributed by atoms with van der Waals surface area (Å²) in [5, 5.41) is 1.28. The Bertz CT molecular complexity index is 797. The van der Waals surface area contributed by atoms with E-state index in [0.717, 1.165) is 18.1 Å². The highest BCUT2D eigenvalue weighted by Gasteiger charge is 2.28. The van der Waals surface area contributed by atoms with E-state index in [4.69, 9.17) is 10.7 Å². The van der Waals surface area contributed by atoms with Crippen LogP contribution in [0.1, 0.15) is 64.0 Å². The summed E-state index contributed by atoms with van der Waals surface area (Å²) in [4.78, 5) is 7.46. The molecule has 4 nitrogen and oxygen atoms in total. The average Bonchev–Trinajstić information content (AvgIpc) is 3.07. The van der Waals surface area contributed by atoms with Crippen molar-refractivity contribution in [1.29, 1.82) is 0 Å². The van der Waals surface area contributed by atoms with Gasteiger partial charge in [-0.05, 0) is 83.0 Å². The third-order valence-corrected chi connectivity index (χ3v) is 6.76. The molecule has 0 spiro atoms. The number of pyridine rings is 1. The summed E-state index contributed by atoms with van der Waals surface area (Å²) in [6.45, 7) is 7.68. The topological polar surface area (TPSA) is 47.1 Å². The largest absolute Gasteiger partial charge is 0.330 e. The first-order valence-corrected chi connectivity index (χ1v) is 10.7. The minimum absolute atomic E-state index is 0.571. The van der Waals surface area contributed by atoms with E-state index in [-0.39, 0.29) is 0 Å². The molecule has 0 bridgehead atoms. The SMILES string of the molecule is CC(C)=C1CCC(N2CCC(n3cc(CCN)c4cccnc43)CC2)CC1. The number of nitrogens with zero attached hydrogens (tertiary/aromatic N) is 3. The molecular weight excluding hydrogens is 332 g/mol. The molecule has 1 aliphatic heterocycles. The van der Waals surface area contributed by atoms with Crippen molar-refractivity contribution in [2.45, 2.75) is 70.9 Å². The Morgan fingerprint density at radius 3 is 2.52 bits per heavy atom. The first-order chi connectivity index (χ1) is 13.2.